The van der Waals surface area contributed by atoms with Crippen molar-refractivity contribution in [2.24, 2.45) is 0 Å². The molecule has 0 aliphatic carbocycles. The van der Waals surface area contributed by atoms with E-state index in [9.17, 15) is 0 Å². The highest BCUT2D eigenvalue weighted by Gasteiger charge is 2.17. The third kappa shape index (κ3) is 6.40. The molecule has 0 saturated carbocycles. The molecule has 10 heavy (non-hydrogen) atoms. The predicted octanol–water partition coefficient (Wildman–Crippen LogP) is 2.06. The Labute approximate surface area is 67.9 Å². The Kier molecular flexibility index (Phi) is 5.13. The van der Waals surface area contributed by atoms with Crippen molar-refractivity contribution in [3.63, 3.8) is 0 Å². The van der Waals surface area contributed by atoms with E-state index in [4.69, 9.17) is 20.8 Å². The first-order chi connectivity index (χ1) is 4.52. The molecule has 0 atom stereocenters. The van der Waals surface area contributed by atoms with Crippen LogP contribution in [0.1, 0.15) is 27.7 Å². The van der Waals surface area contributed by atoms with E-state index in [1.54, 1.807) is 0 Å². The van der Waals surface area contributed by atoms with E-state index in [2.05, 4.69) is 0 Å². The second kappa shape index (κ2) is 5.00. The maximum absolute atomic E-state index is 5.63. The van der Waals surface area contributed by atoms with Crippen LogP contribution in [0.25, 0.3) is 0 Å². The van der Waals surface area contributed by atoms with Gasteiger partial charge < -0.3 is 9.31 Å². The van der Waals surface area contributed by atoms with Crippen molar-refractivity contribution in [2.45, 2.75) is 39.9 Å². The van der Waals surface area contributed by atoms with Crippen LogP contribution >= 0.6 is 11.5 Å². The minimum Gasteiger partial charge on any atom is -0.396 e. The molecule has 0 unspecified atom stereocenters. The molecule has 0 heterocycles. The normalized spacial score (nSPS) is 11.1. The van der Waals surface area contributed by atoms with Gasteiger partial charge in [0.1, 0.15) is 0 Å². The lowest BCUT2D eigenvalue weighted by molar-refractivity contribution is 0.144. The zero-order chi connectivity index (χ0) is 8.15. The molecule has 0 radical (unpaired) electrons. The van der Waals surface area contributed by atoms with Crippen LogP contribution in [0.5, 0.6) is 0 Å². The predicted molar refractivity (Wildman–Crippen MR) is 44.0 cm³/mol. The molecule has 0 aliphatic rings. The maximum atomic E-state index is 5.63. The molecule has 0 fully saturated rings. The highest BCUT2D eigenvalue weighted by Crippen LogP contribution is 2.02. The third-order valence-corrected chi connectivity index (χ3v) is 0.964. The molecule has 4 heteroatoms. The molecule has 0 amide bonds. The van der Waals surface area contributed by atoms with Gasteiger partial charge in [-0.1, -0.05) is 0 Å². The third-order valence-electron chi connectivity index (χ3n) is 0.758. The summed E-state index contributed by atoms with van der Waals surface area (Å²) in [6.45, 7) is 7.05. The molecule has 0 aromatic carbocycles. The molecule has 0 rings (SSSR count). The van der Waals surface area contributed by atoms with E-state index in [0.29, 0.717) is 0 Å². The Morgan fingerprint density at radius 1 is 1.00 bits per heavy atom. The fourth-order valence-corrected chi connectivity index (χ4v) is 0.872. The molecule has 60 valence electrons. The van der Waals surface area contributed by atoms with Crippen LogP contribution in [0, 0.1) is 0 Å². The Morgan fingerprint density at radius 3 is 1.50 bits per heavy atom. The van der Waals surface area contributed by atoms with Gasteiger partial charge in [0, 0.05) is 12.2 Å². The minimum atomic E-state index is -0.611. The van der Waals surface area contributed by atoms with Gasteiger partial charge in [-0.2, -0.15) is 0 Å². The summed E-state index contributed by atoms with van der Waals surface area (Å²) in [6.07, 6.45) is 0.225. The SMILES string of the molecule is CC(C)OB(Cl)OC(C)C. The second-order valence-electron chi connectivity index (χ2n) is 2.64. The van der Waals surface area contributed by atoms with E-state index in [1.807, 2.05) is 27.7 Å². The zero-order valence-electron chi connectivity index (χ0n) is 6.93. The molecule has 0 saturated heterocycles. The molecule has 0 N–H and O–H groups in total. The topological polar surface area (TPSA) is 18.5 Å². The highest BCUT2D eigenvalue weighted by atomic mass is 35.5. The quantitative estimate of drug-likeness (QED) is 0.592. The van der Waals surface area contributed by atoms with Gasteiger partial charge in [0.2, 0.25) is 0 Å². The summed E-state index contributed by atoms with van der Waals surface area (Å²) >= 11 is 5.63. The van der Waals surface area contributed by atoms with Gasteiger partial charge >= 0.3 is 6.53 Å². The largest absolute Gasteiger partial charge is 0.571 e. The Bertz CT molecular complexity index is 77.8. The van der Waals surface area contributed by atoms with Crippen LogP contribution in [-0.2, 0) is 9.31 Å². The molecule has 2 nitrogen and oxygen atoms in total. The summed E-state index contributed by atoms with van der Waals surface area (Å²) < 4.78 is 10.2. The lowest BCUT2D eigenvalue weighted by Crippen LogP contribution is -2.23. The Balaban J connectivity index is 3.34. The first-order valence-corrected chi connectivity index (χ1v) is 3.91. The molecular weight excluding hydrogens is 150 g/mol. The summed E-state index contributed by atoms with van der Waals surface area (Å²) in [6, 6.07) is 0. The monoisotopic (exact) mass is 164 g/mol. The molecule has 0 bridgehead atoms. The summed E-state index contributed by atoms with van der Waals surface area (Å²) in [5.41, 5.74) is 0. The zero-order valence-corrected chi connectivity index (χ0v) is 7.68. The van der Waals surface area contributed by atoms with E-state index in [0.717, 1.165) is 0 Å². The highest BCUT2D eigenvalue weighted by molar-refractivity contribution is 6.99. The average Bonchev–Trinajstić information content (AvgIpc) is 1.58. The van der Waals surface area contributed by atoms with E-state index < -0.39 is 6.53 Å². The number of rotatable bonds is 4. The smallest absolute Gasteiger partial charge is 0.396 e. The number of hydrogen-bond acceptors (Lipinski definition) is 2. The van der Waals surface area contributed by atoms with Crippen LogP contribution < -0.4 is 0 Å². The minimum absolute atomic E-state index is 0.112. The van der Waals surface area contributed by atoms with Crippen LogP contribution in [0.3, 0.4) is 0 Å². The van der Waals surface area contributed by atoms with E-state index in [1.165, 1.54) is 0 Å². The summed E-state index contributed by atoms with van der Waals surface area (Å²) in [4.78, 5) is 0. The van der Waals surface area contributed by atoms with Gasteiger partial charge in [0.05, 0.1) is 0 Å². The van der Waals surface area contributed by atoms with Gasteiger partial charge in [-0.3, -0.25) is 0 Å². The lowest BCUT2D eigenvalue weighted by Gasteiger charge is -2.13. The second-order valence-corrected chi connectivity index (χ2v) is 3.00. The van der Waals surface area contributed by atoms with Gasteiger partial charge in [0.25, 0.3) is 0 Å². The van der Waals surface area contributed by atoms with Crippen molar-refractivity contribution < 1.29 is 9.31 Å². The molecule has 0 aromatic heterocycles. The van der Waals surface area contributed by atoms with Gasteiger partial charge in [-0.15, -0.1) is 11.5 Å². The van der Waals surface area contributed by atoms with Crippen LogP contribution in [0.2, 0.25) is 0 Å². The fraction of sp³-hybridized carbons (Fsp3) is 1.00. The molecular formula is C6H14BClO2. The van der Waals surface area contributed by atoms with Gasteiger partial charge in [0.15, 0.2) is 0 Å². The number of hydrogen-bond donors (Lipinski definition) is 0. The first kappa shape index (κ1) is 10.3. The van der Waals surface area contributed by atoms with Crippen LogP contribution in [0.4, 0.5) is 0 Å². The van der Waals surface area contributed by atoms with Crippen molar-refractivity contribution in [3.05, 3.63) is 0 Å². The van der Waals surface area contributed by atoms with Crippen molar-refractivity contribution in [2.75, 3.05) is 0 Å². The Morgan fingerprint density at radius 2 is 1.30 bits per heavy atom. The van der Waals surface area contributed by atoms with Crippen LogP contribution in [-0.4, -0.2) is 18.7 Å². The Hall–Kier alpha value is 0.275. The van der Waals surface area contributed by atoms with Crippen molar-refractivity contribution in [3.8, 4) is 0 Å². The van der Waals surface area contributed by atoms with Crippen LogP contribution in [0.15, 0.2) is 0 Å². The maximum Gasteiger partial charge on any atom is 0.571 e. The summed E-state index contributed by atoms with van der Waals surface area (Å²) in [5, 5.41) is 0. The number of halogens is 1. The molecule has 0 aliphatic heterocycles. The average molecular weight is 164 g/mol. The van der Waals surface area contributed by atoms with E-state index >= 15 is 0 Å². The lowest BCUT2D eigenvalue weighted by atomic mass is 10.3. The fourth-order valence-electron chi connectivity index (χ4n) is 0.460. The van der Waals surface area contributed by atoms with Crippen molar-refractivity contribution >= 4 is 18.0 Å². The summed E-state index contributed by atoms with van der Waals surface area (Å²) in [7, 11) is 0. The van der Waals surface area contributed by atoms with Crippen molar-refractivity contribution in [1.29, 1.82) is 0 Å². The van der Waals surface area contributed by atoms with Gasteiger partial charge in [-0.05, 0) is 27.7 Å². The summed E-state index contributed by atoms with van der Waals surface area (Å²) in [5.74, 6) is 0. The van der Waals surface area contributed by atoms with Crippen molar-refractivity contribution in [1.82, 2.24) is 0 Å². The molecule has 0 aromatic rings. The van der Waals surface area contributed by atoms with Gasteiger partial charge in [-0.25, -0.2) is 0 Å². The molecule has 0 spiro atoms. The standard InChI is InChI=1S/C6H14BClO2/c1-5(2)9-7(8)10-6(3)4/h5-6H,1-4H3. The van der Waals surface area contributed by atoms with E-state index in [-0.39, 0.29) is 12.2 Å². The first-order valence-electron chi connectivity index (χ1n) is 3.47.